The molecule has 49 heavy (non-hydrogen) atoms. The standard InChI is InChI=1S/C15H8BrF2N5O2.C14H10BrClFN5O.CH4/c16-7-1-2-10(9(17)5-7)20-12-8(14-21-22-15(24)25-14)6-23-4-3-19-13(23)11(12)18;15-7-1-2-10(9(17)5-7)20-12-8(14(23)21-18)6-22-4-3-19-13(22)11(12)16;/h1-6,20H,(H,22,24);1-6,20H,18H2,(H,21,23);1H4. The average molecular weight is 823 g/mol. The number of carbonyl (C=O) groups excluding carboxylic acids is 1. The fourth-order valence-corrected chi connectivity index (χ4v) is 5.46. The molecule has 0 aliphatic heterocycles. The van der Waals surface area contributed by atoms with Crippen LogP contribution in [-0.2, 0) is 0 Å². The Balaban J connectivity index is 0.000000188. The Labute approximate surface area is 295 Å². The van der Waals surface area contributed by atoms with Crippen LogP contribution < -0.4 is 27.7 Å². The number of hydrogen-bond acceptors (Lipinski definition) is 9. The van der Waals surface area contributed by atoms with Crippen LogP contribution in [0.5, 0.6) is 0 Å². The first-order valence-corrected chi connectivity index (χ1v) is 15.3. The number of pyridine rings is 2. The number of imidazole rings is 2. The smallest absolute Gasteiger partial charge is 0.388 e. The number of hydrazine groups is 1. The van der Waals surface area contributed by atoms with Gasteiger partial charge in [0, 0.05) is 46.1 Å². The van der Waals surface area contributed by atoms with Crippen LogP contribution >= 0.6 is 43.5 Å². The molecule has 0 unspecified atom stereocenters. The third-order valence-electron chi connectivity index (χ3n) is 6.67. The van der Waals surface area contributed by atoms with E-state index >= 15 is 0 Å². The Hall–Kier alpha value is -5.17. The quantitative estimate of drug-likeness (QED) is 0.0654. The summed E-state index contributed by atoms with van der Waals surface area (Å²) in [6.45, 7) is 0. The zero-order valence-corrected chi connectivity index (χ0v) is 27.7. The fraction of sp³-hybridized carbons (Fsp3) is 0.0333. The first-order chi connectivity index (χ1) is 23.0. The topological polar surface area (TPSA) is 173 Å². The van der Waals surface area contributed by atoms with Crippen molar-refractivity contribution in [3.8, 4) is 11.5 Å². The number of carbonyl (C=O) groups is 1. The first kappa shape index (κ1) is 35.1. The molecular weight excluding hydrogens is 801 g/mol. The molecule has 0 aliphatic carbocycles. The van der Waals surface area contributed by atoms with E-state index in [-0.39, 0.29) is 57.9 Å². The van der Waals surface area contributed by atoms with E-state index in [2.05, 4.69) is 62.7 Å². The predicted octanol–water partition coefficient (Wildman–Crippen LogP) is 7.33. The lowest BCUT2D eigenvalue weighted by atomic mass is 10.2. The predicted molar refractivity (Wildman–Crippen MR) is 185 cm³/mol. The molecule has 7 aromatic rings. The van der Waals surface area contributed by atoms with E-state index in [9.17, 15) is 22.8 Å². The molecule has 6 N–H and O–H groups in total. The third-order valence-corrected chi connectivity index (χ3v) is 8.01. The van der Waals surface area contributed by atoms with Gasteiger partial charge in [0.05, 0.1) is 33.9 Å². The minimum Gasteiger partial charge on any atom is -0.388 e. The van der Waals surface area contributed by atoms with E-state index < -0.39 is 29.1 Å². The monoisotopic (exact) mass is 820 g/mol. The van der Waals surface area contributed by atoms with E-state index in [1.165, 1.54) is 59.7 Å². The molecule has 0 saturated carbocycles. The van der Waals surface area contributed by atoms with Gasteiger partial charge in [-0.1, -0.05) is 50.9 Å². The molecular formula is C30H22Br2ClF3N10O3. The number of nitrogens with one attached hydrogen (secondary N) is 4. The number of H-pyrrole nitrogens is 1. The zero-order valence-electron chi connectivity index (χ0n) is 23.7. The summed E-state index contributed by atoms with van der Waals surface area (Å²) < 4.78 is 52.1. The van der Waals surface area contributed by atoms with Gasteiger partial charge < -0.3 is 23.9 Å². The van der Waals surface area contributed by atoms with Crippen molar-refractivity contribution < 1.29 is 22.4 Å². The number of rotatable bonds is 6. The van der Waals surface area contributed by atoms with Gasteiger partial charge in [-0.2, -0.15) is 0 Å². The van der Waals surface area contributed by atoms with Crippen molar-refractivity contribution in [3.63, 3.8) is 0 Å². The maximum atomic E-state index is 14.9. The van der Waals surface area contributed by atoms with Crippen molar-refractivity contribution in [2.45, 2.75) is 7.43 Å². The van der Waals surface area contributed by atoms with Crippen molar-refractivity contribution in [3.05, 3.63) is 121 Å². The van der Waals surface area contributed by atoms with E-state index in [1.54, 1.807) is 22.7 Å². The van der Waals surface area contributed by atoms with Crippen LogP contribution in [0.1, 0.15) is 17.8 Å². The summed E-state index contributed by atoms with van der Waals surface area (Å²) in [6, 6.07) is 8.77. The van der Waals surface area contributed by atoms with E-state index in [4.69, 9.17) is 21.9 Å². The molecule has 252 valence electrons. The lowest BCUT2D eigenvalue weighted by Gasteiger charge is -2.15. The Morgan fingerprint density at radius 2 is 1.47 bits per heavy atom. The average Bonchev–Trinajstić information content (AvgIpc) is 3.83. The summed E-state index contributed by atoms with van der Waals surface area (Å²) in [6.07, 6.45) is 9.09. The molecule has 5 aromatic heterocycles. The van der Waals surface area contributed by atoms with Crippen LogP contribution in [0.3, 0.4) is 0 Å². The maximum Gasteiger partial charge on any atom is 0.434 e. The van der Waals surface area contributed by atoms with Gasteiger partial charge >= 0.3 is 5.76 Å². The van der Waals surface area contributed by atoms with Gasteiger partial charge in [0.25, 0.3) is 11.8 Å². The molecule has 0 saturated heterocycles. The highest BCUT2D eigenvalue weighted by atomic mass is 79.9. The maximum absolute atomic E-state index is 14.9. The number of amides is 1. The lowest BCUT2D eigenvalue weighted by Crippen LogP contribution is -2.31. The highest BCUT2D eigenvalue weighted by molar-refractivity contribution is 9.10. The summed E-state index contributed by atoms with van der Waals surface area (Å²) in [7, 11) is 0. The summed E-state index contributed by atoms with van der Waals surface area (Å²) in [5.41, 5.74) is 3.09. The van der Waals surface area contributed by atoms with Crippen molar-refractivity contribution in [1.29, 1.82) is 0 Å². The summed E-state index contributed by atoms with van der Waals surface area (Å²) >= 11 is 12.7. The van der Waals surface area contributed by atoms with Crippen LogP contribution in [0, 0.1) is 17.5 Å². The van der Waals surface area contributed by atoms with Gasteiger partial charge in [0.1, 0.15) is 16.7 Å². The minimum atomic E-state index is -0.790. The molecule has 19 heteroatoms. The number of nitrogen functional groups attached to an aromatic ring is 1. The number of halogens is 6. The third kappa shape index (κ3) is 7.16. The van der Waals surface area contributed by atoms with E-state index in [0.717, 1.165) is 0 Å². The minimum absolute atomic E-state index is 0. The summed E-state index contributed by atoms with van der Waals surface area (Å²) in [5, 5.41) is 11.5. The number of anilines is 4. The second kappa shape index (κ2) is 14.5. The molecule has 2 aromatic carbocycles. The Morgan fingerprint density at radius 3 is 2.02 bits per heavy atom. The number of nitrogens with zero attached hydrogens (tertiary/aromatic N) is 5. The Morgan fingerprint density at radius 1 is 0.898 bits per heavy atom. The number of nitrogens with two attached hydrogens (primary N) is 1. The number of hydrogen-bond donors (Lipinski definition) is 5. The van der Waals surface area contributed by atoms with Crippen LogP contribution in [0.15, 0.2) is 91.7 Å². The van der Waals surface area contributed by atoms with Gasteiger partial charge in [0.2, 0.25) is 0 Å². The van der Waals surface area contributed by atoms with Crippen LogP contribution in [-0.4, -0.2) is 34.9 Å². The second-order valence-electron chi connectivity index (χ2n) is 9.67. The molecule has 0 fully saturated rings. The normalized spacial score (nSPS) is 10.8. The molecule has 7 rings (SSSR count). The van der Waals surface area contributed by atoms with E-state index in [0.29, 0.717) is 14.6 Å². The molecule has 1 amide bonds. The van der Waals surface area contributed by atoms with Crippen molar-refractivity contribution in [1.82, 2.24) is 34.4 Å². The number of aromatic nitrogens is 6. The SMILES string of the molecule is C.NNC(=O)c1cn2ccnc2c(Cl)c1Nc1ccc(Br)cc1F.O=c1[nH]nc(-c2cn3ccnc3c(F)c2Nc2ccc(Br)cc2F)o1. The molecule has 0 atom stereocenters. The number of fused-ring (bicyclic) bond motifs is 2. The zero-order chi connectivity index (χ0) is 34.1. The van der Waals surface area contributed by atoms with Gasteiger partial charge in [0.15, 0.2) is 17.1 Å². The second-order valence-corrected chi connectivity index (χ2v) is 11.9. The molecule has 0 bridgehead atoms. The first-order valence-electron chi connectivity index (χ1n) is 13.3. The summed E-state index contributed by atoms with van der Waals surface area (Å²) in [5.74, 6) is 1.88. The van der Waals surface area contributed by atoms with Crippen LogP contribution in [0.4, 0.5) is 35.9 Å². The number of aromatic amines is 1. The Bertz CT molecular complexity index is 2400. The lowest BCUT2D eigenvalue weighted by molar-refractivity contribution is 0.0954. The van der Waals surface area contributed by atoms with Crippen LogP contribution in [0.2, 0.25) is 5.02 Å². The van der Waals surface area contributed by atoms with Gasteiger partial charge in [-0.15, -0.1) is 5.10 Å². The van der Waals surface area contributed by atoms with Crippen LogP contribution in [0.25, 0.3) is 22.7 Å². The van der Waals surface area contributed by atoms with Gasteiger partial charge in [-0.05, 0) is 36.4 Å². The van der Waals surface area contributed by atoms with Gasteiger partial charge in [-0.3, -0.25) is 10.2 Å². The largest absolute Gasteiger partial charge is 0.434 e. The van der Waals surface area contributed by atoms with Gasteiger partial charge in [-0.25, -0.2) is 38.9 Å². The van der Waals surface area contributed by atoms with E-state index in [1.807, 2.05) is 5.43 Å². The Kier molecular flexibility index (Phi) is 10.4. The van der Waals surface area contributed by atoms with Crippen molar-refractivity contribution in [2.75, 3.05) is 10.6 Å². The highest BCUT2D eigenvalue weighted by Gasteiger charge is 2.22. The van der Waals surface area contributed by atoms with Crippen molar-refractivity contribution >= 4 is 83.4 Å². The molecule has 5 heterocycles. The fourth-order valence-electron chi connectivity index (χ4n) is 4.49. The number of benzene rings is 2. The van der Waals surface area contributed by atoms with Crippen molar-refractivity contribution in [2.24, 2.45) is 5.84 Å². The highest BCUT2D eigenvalue weighted by Crippen LogP contribution is 2.35. The molecule has 0 aliphatic rings. The molecule has 0 radical (unpaired) electrons. The molecule has 0 spiro atoms. The summed E-state index contributed by atoms with van der Waals surface area (Å²) in [4.78, 5) is 31.3. The molecule has 13 nitrogen and oxygen atoms in total.